The summed E-state index contributed by atoms with van der Waals surface area (Å²) in [6.45, 7) is 0. The Morgan fingerprint density at radius 1 is 1.09 bits per heavy atom. The molecule has 1 heterocycles. The van der Waals surface area contributed by atoms with Crippen molar-refractivity contribution in [1.29, 1.82) is 0 Å². The molecule has 2 atom stereocenters. The summed E-state index contributed by atoms with van der Waals surface area (Å²) < 4.78 is 4.94. The third-order valence-electron chi connectivity index (χ3n) is 1.65. The van der Waals surface area contributed by atoms with Gasteiger partial charge in [0, 0.05) is 0 Å². The van der Waals surface area contributed by atoms with Gasteiger partial charge in [0.05, 0.1) is 0 Å². The number of primary amides is 2. The van der Waals surface area contributed by atoms with Gasteiger partial charge in [-0.3, -0.25) is 9.59 Å². The molecule has 1 saturated heterocycles. The van der Waals surface area contributed by atoms with Crippen molar-refractivity contribution in [2.24, 2.45) is 11.5 Å². The molecule has 0 bridgehead atoms. The number of nitrogens with two attached hydrogens (primary N) is 2. The van der Waals surface area contributed by atoms with Crippen LogP contribution >= 0.6 is 0 Å². The number of hydrogen-bond donors (Lipinski definition) is 2. The number of hydrogen-bond acceptors (Lipinski definition) is 3. The third kappa shape index (κ3) is 1.68. The molecule has 62 valence electrons. The average molecular weight is 158 g/mol. The molecule has 0 aromatic rings. The van der Waals surface area contributed by atoms with Crippen LogP contribution in [0.5, 0.6) is 0 Å². The Hall–Kier alpha value is -1.10. The second kappa shape index (κ2) is 2.87. The van der Waals surface area contributed by atoms with Crippen molar-refractivity contribution in [3.05, 3.63) is 0 Å². The van der Waals surface area contributed by atoms with Crippen LogP contribution in [0.4, 0.5) is 0 Å². The van der Waals surface area contributed by atoms with Crippen LogP contribution in [0, 0.1) is 0 Å². The number of carbonyl (C=O) groups is 2. The van der Waals surface area contributed by atoms with Crippen LogP contribution < -0.4 is 11.5 Å². The Morgan fingerprint density at radius 3 is 1.64 bits per heavy atom. The van der Waals surface area contributed by atoms with Gasteiger partial charge in [0.15, 0.2) is 0 Å². The summed E-state index contributed by atoms with van der Waals surface area (Å²) in [5.41, 5.74) is 9.89. The van der Waals surface area contributed by atoms with Gasteiger partial charge in [-0.2, -0.15) is 0 Å². The largest absolute Gasteiger partial charge is 0.367 e. The maximum atomic E-state index is 10.5. The van der Waals surface area contributed by atoms with Crippen molar-refractivity contribution in [2.45, 2.75) is 25.0 Å². The first-order valence-electron chi connectivity index (χ1n) is 3.35. The normalized spacial score (nSPS) is 30.2. The molecule has 0 saturated carbocycles. The van der Waals surface area contributed by atoms with Gasteiger partial charge < -0.3 is 16.2 Å². The van der Waals surface area contributed by atoms with Gasteiger partial charge >= 0.3 is 0 Å². The van der Waals surface area contributed by atoms with E-state index in [1.54, 1.807) is 0 Å². The first kappa shape index (κ1) is 8.00. The lowest BCUT2D eigenvalue weighted by Gasteiger charge is -2.06. The molecule has 0 aliphatic carbocycles. The molecule has 1 fully saturated rings. The monoisotopic (exact) mass is 158 g/mol. The van der Waals surface area contributed by atoms with E-state index >= 15 is 0 Å². The molecule has 0 spiro atoms. The number of ether oxygens (including phenoxy) is 1. The summed E-state index contributed by atoms with van der Waals surface area (Å²) in [5.74, 6) is -1.07. The molecule has 5 heteroatoms. The minimum atomic E-state index is -0.632. The van der Waals surface area contributed by atoms with Crippen molar-refractivity contribution in [3.63, 3.8) is 0 Å². The van der Waals surface area contributed by atoms with E-state index in [0.29, 0.717) is 12.8 Å². The Bertz CT molecular complexity index is 172. The first-order chi connectivity index (χ1) is 5.11. The fourth-order valence-corrected chi connectivity index (χ4v) is 1.06. The number of carbonyl (C=O) groups excluding carboxylic acids is 2. The standard InChI is InChI=1S/C6H10N2O3/c7-5(9)3-1-2-4(11-3)6(8)10/h3-4H,1-2H2,(H2,7,9)(H2,8,10)/t3-,4-/m0/s1. The fraction of sp³-hybridized carbons (Fsp3) is 0.667. The Balaban J connectivity index is 2.47. The van der Waals surface area contributed by atoms with Crippen LogP contribution in [0.15, 0.2) is 0 Å². The molecule has 2 amide bonds. The van der Waals surface area contributed by atoms with Crippen LogP contribution in [0.1, 0.15) is 12.8 Å². The fourth-order valence-electron chi connectivity index (χ4n) is 1.06. The molecule has 1 aliphatic rings. The first-order valence-corrected chi connectivity index (χ1v) is 3.35. The van der Waals surface area contributed by atoms with E-state index in [1.807, 2.05) is 0 Å². The van der Waals surface area contributed by atoms with Crippen molar-refractivity contribution < 1.29 is 14.3 Å². The van der Waals surface area contributed by atoms with Gasteiger partial charge in [0.25, 0.3) is 0 Å². The van der Waals surface area contributed by atoms with E-state index in [1.165, 1.54) is 0 Å². The Morgan fingerprint density at radius 2 is 1.45 bits per heavy atom. The highest BCUT2D eigenvalue weighted by Gasteiger charge is 2.32. The van der Waals surface area contributed by atoms with Crippen LogP contribution in [-0.2, 0) is 14.3 Å². The van der Waals surface area contributed by atoms with Gasteiger partial charge in [0.1, 0.15) is 12.2 Å². The highest BCUT2D eigenvalue weighted by atomic mass is 16.5. The third-order valence-corrected chi connectivity index (χ3v) is 1.65. The predicted octanol–water partition coefficient (Wildman–Crippen LogP) is -1.50. The molecule has 0 aromatic heterocycles. The van der Waals surface area contributed by atoms with E-state index in [-0.39, 0.29) is 0 Å². The second-order valence-electron chi connectivity index (χ2n) is 2.50. The quantitative estimate of drug-likeness (QED) is 0.512. The van der Waals surface area contributed by atoms with Gasteiger partial charge in [-0.25, -0.2) is 0 Å². The van der Waals surface area contributed by atoms with Crippen LogP contribution in [0.3, 0.4) is 0 Å². The maximum Gasteiger partial charge on any atom is 0.246 e. The average Bonchev–Trinajstić information content (AvgIpc) is 2.33. The zero-order valence-corrected chi connectivity index (χ0v) is 5.95. The number of amides is 2. The van der Waals surface area contributed by atoms with Crippen molar-refractivity contribution in [1.82, 2.24) is 0 Å². The zero-order valence-electron chi connectivity index (χ0n) is 5.95. The molecular formula is C6H10N2O3. The van der Waals surface area contributed by atoms with E-state index in [4.69, 9.17) is 16.2 Å². The molecule has 0 radical (unpaired) electrons. The highest BCUT2D eigenvalue weighted by Crippen LogP contribution is 2.18. The summed E-state index contributed by atoms with van der Waals surface area (Å²) in [7, 11) is 0. The summed E-state index contributed by atoms with van der Waals surface area (Å²) >= 11 is 0. The van der Waals surface area contributed by atoms with E-state index in [2.05, 4.69) is 0 Å². The minimum absolute atomic E-state index is 0.489. The second-order valence-corrected chi connectivity index (χ2v) is 2.50. The van der Waals surface area contributed by atoms with Crippen molar-refractivity contribution in [2.75, 3.05) is 0 Å². The summed E-state index contributed by atoms with van der Waals surface area (Å²) in [6, 6.07) is 0. The topological polar surface area (TPSA) is 95.4 Å². The Labute approximate surface area is 63.7 Å². The molecule has 4 N–H and O–H groups in total. The van der Waals surface area contributed by atoms with Crippen molar-refractivity contribution >= 4 is 11.8 Å². The predicted molar refractivity (Wildman–Crippen MR) is 36.3 cm³/mol. The molecule has 0 aromatic carbocycles. The number of rotatable bonds is 2. The highest BCUT2D eigenvalue weighted by molar-refractivity contribution is 5.83. The SMILES string of the molecule is NC(=O)[C@@H]1CC[C@@H](C(N)=O)O1. The molecular weight excluding hydrogens is 148 g/mol. The Kier molecular flexibility index (Phi) is 2.09. The lowest BCUT2D eigenvalue weighted by atomic mass is 10.2. The van der Waals surface area contributed by atoms with Crippen LogP contribution in [-0.4, -0.2) is 24.0 Å². The van der Waals surface area contributed by atoms with Crippen LogP contribution in [0.25, 0.3) is 0 Å². The minimum Gasteiger partial charge on any atom is -0.367 e. The van der Waals surface area contributed by atoms with Gasteiger partial charge in [0.2, 0.25) is 11.8 Å². The summed E-state index contributed by atoms with van der Waals surface area (Å²) in [6.07, 6.45) is -0.286. The zero-order chi connectivity index (χ0) is 8.43. The smallest absolute Gasteiger partial charge is 0.246 e. The molecule has 5 nitrogen and oxygen atoms in total. The summed E-state index contributed by atoms with van der Waals surface area (Å²) in [4.78, 5) is 21.0. The van der Waals surface area contributed by atoms with E-state index < -0.39 is 24.0 Å². The van der Waals surface area contributed by atoms with E-state index in [0.717, 1.165) is 0 Å². The maximum absolute atomic E-state index is 10.5. The summed E-state index contributed by atoms with van der Waals surface area (Å²) in [5, 5.41) is 0. The molecule has 1 aliphatic heterocycles. The van der Waals surface area contributed by atoms with Gasteiger partial charge in [-0.1, -0.05) is 0 Å². The molecule has 1 rings (SSSR count). The van der Waals surface area contributed by atoms with Crippen molar-refractivity contribution in [3.8, 4) is 0 Å². The molecule has 0 unspecified atom stereocenters. The lowest BCUT2D eigenvalue weighted by Crippen LogP contribution is -2.33. The van der Waals surface area contributed by atoms with Gasteiger partial charge in [-0.05, 0) is 12.8 Å². The lowest BCUT2D eigenvalue weighted by molar-refractivity contribution is -0.135. The van der Waals surface area contributed by atoms with E-state index in [9.17, 15) is 9.59 Å². The molecule has 11 heavy (non-hydrogen) atoms. The van der Waals surface area contributed by atoms with Crippen LogP contribution in [0.2, 0.25) is 0 Å². The van der Waals surface area contributed by atoms with Gasteiger partial charge in [-0.15, -0.1) is 0 Å².